The van der Waals surface area contributed by atoms with Crippen LogP contribution in [0.3, 0.4) is 0 Å². The van der Waals surface area contributed by atoms with E-state index in [0.717, 1.165) is 24.0 Å². The maximum absolute atomic E-state index is 11.2. The van der Waals surface area contributed by atoms with Gasteiger partial charge in [0, 0.05) is 11.0 Å². The first-order chi connectivity index (χ1) is 7.24. The molecule has 1 rings (SSSR count). The van der Waals surface area contributed by atoms with Crippen LogP contribution in [0.4, 0.5) is 0 Å². The Balaban J connectivity index is 2.20. The first-order valence-corrected chi connectivity index (χ1v) is 6.93. The Morgan fingerprint density at radius 1 is 1.53 bits per heavy atom. The van der Waals surface area contributed by atoms with Crippen LogP contribution in [0, 0.1) is 0 Å². The fourth-order valence-corrected chi connectivity index (χ4v) is 3.26. The Morgan fingerprint density at radius 3 is 2.73 bits per heavy atom. The third kappa shape index (κ3) is 4.89. The van der Waals surface area contributed by atoms with Crippen LogP contribution in [0.2, 0.25) is 0 Å². The van der Waals surface area contributed by atoms with Crippen LogP contribution in [-0.4, -0.2) is 29.5 Å². The molecule has 0 bridgehead atoms. The molecule has 0 aliphatic heterocycles. The number of carbonyl (C=O) groups is 1. The van der Waals surface area contributed by atoms with E-state index in [1.807, 2.05) is 11.8 Å². The van der Waals surface area contributed by atoms with Gasteiger partial charge in [-0.25, -0.2) is 0 Å². The van der Waals surface area contributed by atoms with Gasteiger partial charge in [0.25, 0.3) is 0 Å². The summed E-state index contributed by atoms with van der Waals surface area (Å²) in [6, 6.07) is -0.143. The number of amides is 1. The number of hydrogen-bond acceptors (Lipinski definition) is 3. The first kappa shape index (κ1) is 12.8. The average molecular weight is 230 g/mol. The van der Waals surface area contributed by atoms with E-state index in [2.05, 4.69) is 12.2 Å². The van der Waals surface area contributed by atoms with Crippen molar-refractivity contribution >= 4 is 17.7 Å². The zero-order valence-corrected chi connectivity index (χ0v) is 10.3. The van der Waals surface area contributed by atoms with Crippen LogP contribution in [0.15, 0.2) is 0 Å². The van der Waals surface area contributed by atoms with Gasteiger partial charge in [-0.2, -0.15) is 11.8 Å². The lowest BCUT2D eigenvalue weighted by atomic mass is 10.3. The molecule has 0 radical (unpaired) electrons. The lowest BCUT2D eigenvalue weighted by molar-refractivity contribution is -0.119. The molecule has 1 fully saturated rings. The number of hydrogen-bond donors (Lipinski definition) is 2. The summed E-state index contributed by atoms with van der Waals surface area (Å²) in [5.41, 5.74) is 5.35. The standard InChI is InChI=1S/C11H22N2OS/c1-2-7-13-10(11(12)14)8-15-9-5-3-4-6-9/h9-10,13H,2-8H2,1H3,(H2,12,14). The van der Waals surface area contributed by atoms with E-state index in [1.54, 1.807) is 0 Å². The summed E-state index contributed by atoms with van der Waals surface area (Å²) in [4.78, 5) is 11.2. The number of primary amides is 1. The van der Waals surface area contributed by atoms with Crippen molar-refractivity contribution in [2.24, 2.45) is 5.73 Å². The highest BCUT2D eigenvalue weighted by Gasteiger charge is 2.20. The maximum atomic E-state index is 11.2. The Hall–Kier alpha value is -0.220. The number of rotatable bonds is 7. The van der Waals surface area contributed by atoms with Gasteiger partial charge < -0.3 is 11.1 Å². The van der Waals surface area contributed by atoms with Crippen molar-refractivity contribution in [1.82, 2.24) is 5.32 Å². The number of carbonyl (C=O) groups excluding carboxylic acids is 1. The minimum Gasteiger partial charge on any atom is -0.368 e. The largest absolute Gasteiger partial charge is 0.368 e. The molecule has 0 saturated heterocycles. The highest BCUT2D eigenvalue weighted by Crippen LogP contribution is 2.29. The van der Waals surface area contributed by atoms with Crippen molar-refractivity contribution in [3.63, 3.8) is 0 Å². The van der Waals surface area contributed by atoms with Gasteiger partial charge in [-0.05, 0) is 25.8 Å². The SMILES string of the molecule is CCCNC(CSC1CCCC1)C(N)=O. The average Bonchev–Trinajstić information content (AvgIpc) is 2.70. The van der Waals surface area contributed by atoms with Crippen molar-refractivity contribution in [1.29, 1.82) is 0 Å². The minimum absolute atomic E-state index is 0.143. The molecular weight excluding hydrogens is 208 g/mol. The summed E-state index contributed by atoms with van der Waals surface area (Å²) < 4.78 is 0. The fourth-order valence-electron chi connectivity index (χ4n) is 1.85. The van der Waals surface area contributed by atoms with E-state index in [4.69, 9.17) is 5.73 Å². The van der Waals surface area contributed by atoms with Crippen molar-refractivity contribution in [2.45, 2.75) is 50.3 Å². The maximum Gasteiger partial charge on any atom is 0.235 e. The van der Waals surface area contributed by atoms with Gasteiger partial charge in [-0.3, -0.25) is 4.79 Å². The Morgan fingerprint density at radius 2 is 2.20 bits per heavy atom. The van der Waals surface area contributed by atoms with Crippen LogP contribution in [0.1, 0.15) is 39.0 Å². The second-order valence-corrected chi connectivity index (χ2v) is 5.48. The van der Waals surface area contributed by atoms with Crippen molar-refractivity contribution in [3.05, 3.63) is 0 Å². The van der Waals surface area contributed by atoms with Crippen molar-refractivity contribution in [2.75, 3.05) is 12.3 Å². The molecule has 88 valence electrons. The third-order valence-corrected chi connectivity index (χ3v) is 4.25. The summed E-state index contributed by atoms with van der Waals surface area (Å²) in [7, 11) is 0. The summed E-state index contributed by atoms with van der Waals surface area (Å²) in [5.74, 6) is 0.619. The lowest BCUT2D eigenvalue weighted by Crippen LogP contribution is -2.43. The highest BCUT2D eigenvalue weighted by atomic mass is 32.2. The van der Waals surface area contributed by atoms with E-state index < -0.39 is 0 Å². The summed E-state index contributed by atoms with van der Waals surface area (Å²) in [6.07, 6.45) is 6.36. The van der Waals surface area contributed by atoms with Gasteiger partial charge in [-0.15, -0.1) is 0 Å². The third-order valence-electron chi connectivity index (χ3n) is 2.78. The molecule has 0 aromatic rings. The van der Waals surface area contributed by atoms with Crippen LogP contribution in [0.5, 0.6) is 0 Å². The van der Waals surface area contributed by atoms with E-state index in [9.17, 15) is 4.79 Å². The van der Waals surface area contributed by atoms with Gasteiger partial charge in [0.05, 0.1) is 6.04 Å². The van der Waals surface area contributed by atoms with Gasteiger partial charge in [0.1, 0.15) is 0 Å². The van der Waals surface area contributed by atoms with E-state index >= 15 is 0 Å². The van der Waals surface area contributed by atoms with Crippen LogP contribution >= 0.6 is 11.8 Å². The molecule has 0 aromatic carbocycles. The van der Waals surface area contributed by atoms with Gasteiger partial charge in [0.2, 0.25) is 5.91 Å². The molecule has 1 saturated carbocycles. The predicted octanol–water partition coefficient (Wildman–Crippen LogP) is 1.52. The van der Waals surface area contributed by atoms with Gasteiger partial charge in [0.15, 0.2) is 0 Å². The molecule has 3 nitrogen and oxygen atoms in total. The first-order valence-electron chi connectivity index (χ1n) is 5.88. The molecule has 0 aromatic heterocycles. The zero-order valence-electron chi connectivity index (χ0n) is 9.50. The number of nitrogens with one attached hydrogen (secondary N) is 1. The van der Waals surface area contributed by atoms with Crippen molar-refractivity contribution in [3.8, 4) is 0 Å². The molecule has 15 heavy (non-hydrogen) atoms. The Labute approximate surface area is 96.6 Å². The number of nitrogens with two attached hydrogens (primary N) is 1. The van der Waals surface area contributed by atoms with Crippen molar-refractivity contribution < 1.29 is 4.79 Å². The van der Waals surface area contributed by atoms with Crippen LogP contribution in [0.25, 0.3) is 0 Å². The Kier molecular flexibility index (Phi) is 6.10. The second kappa shape index (κ2) is 7.12. The van der Waals surface area contributed by atoms with Gasteiger partial charge >= 0.3 is 0 Å². The molecule has 1 aliphatic carbocycles. The Bertz CT molecular complexity index is 193. The lowest BCUT2D eigenvalue weighted by Gasteiger charge is -2.16. The molecular formula is C11H22N2OS. The molecule has 0 spiro atoms. The smallest absolute Gasteiger partial charge is 0.235 e. The molecule has 1 atom stereocenters. The summed E-state index contributed by atoms with van der Waals surface area (Å²) in [6.45, 7) is 2.97. The van der Waals surface area contributed by atoms with Crippen LogP contribution in [-0.2, 0) is 4.79 Å². The molecule has 1 unspecified atom stereocenters. The highest BCUT2D eigenvalue weighted by molar-refractivity contribution is 8.00. The molecule has 4 heteroatoms. The number of thioether (sulfide) groups is 1. The molecule has 0 heterocycles. The van der Waals surface area contributed by atoms with Gasteiger partial charge in [-0.1, -0.05) is 19.8 Å². The molecule has 3 N–H and O–H groups in total. The van der Waals surface area contributed by atoms with Crippen LogP contribution < -0.4 is 11.1 Å². The minimum atomic E-state index is -0.214. The quantitative estimate of drug-likeness (QED) is 0.697. The molecule has 1 aliphatic rings. The summed E-state index contributed by atoms with van der Waals surface area (Å²) >= 11 is 1.91. The monoisotopic (exact) mass is 230 g/mol. The molecule has 1 amide bonds. The fraction of sp³-hybridized carbons (Fsp3) is 0.909. The van der Waals surface area contributed by atoms with E-state index in [1.165, 1.54) is 25.7 Å². The van der Waals surface area contributed by atoms with E-state index in [-0.39, 0.29) is 11.9 Å². The normalized spacial score (nSPS) is 19.3. The predicted molar refractivity (Wildman–Crippen MR) is 66.0 cm³/mol. The second-order valence-electron chi connectivity index (χ2n) is 4.15. The van der Waals surface area contributed by atoms with E-state index in [0.29, 0.717) is 0 Å². The summed E-state index contributed by atoms with van der Waals surface area (Å²) in [5, 5.41) is 3.96. The zero-order chi connectivity index (χ0) is 11.1. The topological polar surface area (TPSA) is 55.1 Å².